The summed E-state index contributed by atoms with van der Waals surface area (Å²) in [6.45, 7) is 9.06. The molecule has 0 amide bonds. The number of hydrogen-bond acceptors (Lipinski definition) is 3. The van der Waals surface area contributed by atoms with Crippen LogP contribution in [0.2, 0.25) is 13.3 Å². The molecule has 0 aromatic rings. The molecule has 0 radical (unpaired) electrons. The normalized spacial score (nSPS) is 15.3. The second-order valence-corrected chi connectivity index (χ2v) is 19.2. The molecule has 1 aliphatic rings. The molecule has 4 heteroatoms. The summed E-state index contributed by atoms with van der Waals surface area (Å²) in [5, 5.41) is 0. The van der Waals surface area contributed by atoms with Crippen molar-refractivity contribution in [2.24, 2.45) is 5.92 Å². The van der Waals surface area contributed by atoms with Crippen LogP contribution in [0, 0.1) is 5.92 Å². The number of ether oxygens (including phenoxy) is 1. The zero-order valence-corrected chi connectivity index (χ0v) is 19.9. The molecule has 0 N–H and O–H groups in total. The van der Waals surface area contributed by atoms with E-state index in [1.807, 2.05) is 6.92 Å². The predicted molar refractivity (Wildman–Crippen MR) is 108 cm³/mol. The zero-order chi connectivity index (χ0) is 18.5. The van der Waals surface area contributed by atoms with Gasteiger partial charge in [-0.3, -0.25) is 0 Å². The summed E-state index contributed by atoms with van der Waals surface area (Å²) in [6.07, 6.45) is 13.0. The summed E-state index contributed by atoms with van der Waals surface area (Å²) in [5.74, 6) is 1.10. The van der Waals surface area contributed by atoms with Gasteiger partial charge in [-0.1, -0.05) is 0 Å². The number of carbonyl (C=O) groups is 1. The molecule has 0 saturated heterocycles. The fraction of sp³-hybridized carbons (Fsp3) is 0.857. The molecule has 146 valence electrons. The van der Waals surface area contributed by atoms with E-state index in [-0.39, 0.29) is 5.97 Å². The van der Waals surface area contributed by atoms with Crippen molar-refractivity contribution in [3.8, 4) is 0 Å². The molecular weight excluding hydrogens is 419 g/mol. The first kappa shape index (κ1) is 22.8. The van der Waals surface area contributed by atoms with E-state index >= 15 is 0 Å². The number of hydrogen-bond donors (Lipinski definition) is 0. The van der Waals surface area contributed by atoms with Crippen molar-refractivity contribution in [3.05, 3.63) is 11.8 Å². The van der Waals surface area contributed by atoms with Crippen LogP contribution in [0.3, 0.4) is 0 Å². The van der Waals surface area contributed by atoms with Crippen molar-refractivity contribution in [2.45, 2.75) is 98.8 Å². The molecule has 1 fully saturated rings. The van der Waals surface area contributed by atoms with E-state index in [1.54, 1.807) is 0 Å². The van der Waals surface area contributed by atoms with Gasteiger partial charge in [-0.2, -0.15) is 0 Å². The number of esters is 1. The number of allylic oxidation sites excluding steroid dienone is 1. The van der Waals surface area contributed by atoms with Gasteiger partial charge in [-0.05, 0) is 0 Å². The maximum absolute atomic E-state index is 12.5. The van der Waals surface area contributed by atoms with Gasteiger partial charge in [0.25, 0.3) is 0 Å². The van der Waals surface area contributed by atoms with Crippen LogP contribution in [0.15, 0.2) is 11.8 Å². The number of rotatable bonds is 15. The molecule has 0 heterocycles. The Morgan fingerprint density at radius 1 is 0.960 bits per heavy atom. The molecule has 3 nitrogen and oxygen atoms in total. The van der Waals surface area contributed by atoms with Crippen molar-refractivity contribution in [1.82, 2.24) is 0 Å². The Morgan fingerprint density at radius 3 is 1.88 bits per heavy atom. The van der Waals surface area contributed by atoms with E-state index in [4.69, 9.17) is 7.81 Å². The van der Waals surface area contributed by atoms with E-state index in [1.165, 1.54) is 64.7 Å². The molecule has 0 aromatic heterocycles. The summed E-state index contributed by atoms with van der Waals surface area (Å²) < 4.78 is 15.8. The molecule has 0 bridgehead atoms. The molecule has 0 unspecified atom stereocenters. The molecule has 0 aliphatic heterocycles. The average molecular weight is 459 g/mol. The van der Waals surface area contributed by atoms with Crippen LogP contribution in [0.25, 0.3) is 0 Å². The predicted octanol–water partition coefficient (Wildman–Crippen LogP) is 6.60. The fourth-order valence-corrected chi connectivity index (χ4v) is 16.6. The summed E-state index contributed by atoms with van der Waals surface area (Å²) >= 11 is -2.82. The Bertz CT molecular complexity index is 380. The minimum absolute atomic E-state index is 0.228. The van der Waals surface area contributed by atoms with Crippen LogP contribution >= 0.6 is 0 Å². The second kappa shape index (κ2) is 13.0. The molecule has 1 aliphatic carbocycles. The van der Waals surface area contributed by atoms with Crippen molar-refractivity contribution in [2.75, 3.05) is 6.61 Å². The Morgan fingerprint density at radius 2 is 1.48 bits per heavy atom. The van der Waals surface area contributed by atoms with Crippen molar-refractivity contribution < 1.29 is 12.6 Å². The maximum atomic E-state index is 12.5. The quantitative estimate of drug-likeness (QED) is 0.120. The molecule has 0 aromatic carbocycles. The van der Waals surface area contributed by atoms with Gasteiger partial charge in [0.1, 0.15) is 0 Å². The van der Waals surface area contributed by atoms with E-state index in [2.05, 4.69) is 26.8 Å². The Labute approximate surface area is 160 Å². The SMILES string of the molecule is CCC[CH2][Sn]([CH2]CCC)([CH2]CCC)[O]/C(=C\CC1CC1)C(=O)OCC. The van der Waals surface area contributed by atoms with Crippen LogP contribution < -0.4 is 0 Å². The first-order valence-electron chi connectivity index (χ1n) is 10.7. The minimum atomic E-state index is -2.82. The van der Waals surface area contributed by atoms with Gasteiger partial charge in [0.15, 0.2) is 0 Å². The first-order valence-corrected chi connectivity index (χ1v) is 17.9. The van der Waals surface area contributed by atoms with E-state index in [9.17, 15) is 4.79 Å². The van der Waals surface area contributed by atoms with E-state index < -0.39 is 18.8 Å². The van der Waals surface area contributed by atoms with Crippen molar-refractivity contribution in [1.29, 1.82) is 0 Å². The van der Waals surface area contributed by atoms with Gasteiger partial charge in [0, 0.05) is 0 Å². The topological polar surface area (TPSA) is 35.5 Å². The first-order chi connectivity index (χ1) is 12.1. The third-order valence-corrected chi connectivity index (χ3v) is 17.8. The Kier molecular flexibility index (Phi) is 11.9. The zero-order valence-electron chi connectivity index (χ0n) is 17.1. The summed E-state index contributed by atoms with van der Waals surface area (Å²) in [6, 6.07) is 0. The van der Waals surface area contributed by atoms with Gasteiger partial charge in [0.05, 0.1) is 0 Å². The van der Waals surface area contributed by atoms with E-state index in [0.717, 1.165) is 12.3 Å². The number of unbranched alkanes of at least 4 members (excludes halogenated alkanes) is 3. The molecule has 0 spiro atoms. The molecule has 1 rings (SSSR count). The van der Waals surface area contributed by atoms with Crippen LogP contribution in [0.4, 0.5) is 0 Å². The van der Waals surface area contributed by atoms with Crippen LogP contribution in [-0.4, -0.2) is 31.4 Å². The van der Waals surface area contributed by atoms with Gasteiger partial charge in [-0.25, -0.2) is 0 Å². The number of carbonyl (C=O) groups excluding carboxylic acids is 1. The van der Waals surface area contributed by atoms with Gasteiger partial charge >= 0.3 is 161 Å². The second-order valence-electron chi connectivity index (χ2n) is 7.56. The Hall–Kier alpha value is -0.191. The summed E-state index contributed by atoms with van der Waals surface area (Å²) in [5.41, 5.74) is 0. The van der Waals surface area contributed by atoms with Crippen molar-refractivity contribution >= 4 is 24.8 Å². The van der Waals surface area contributed by atoms with Crippen LogP contribution in [0.1, 0.15) is 85.5 Å². The molecule has 1 saturated carbocycles. The third-order valence-electron chi connectivity index (χ3n) is 5.09. The Balaban J connectivity index is 2.94. The van der Waals surface area contributed by atoms with Gasteiger partial charge < -0.3 is 0 Å². The summed E-state index contributed by atoms with van der Waals surface area (Å²) in [7, 11) is 0. The summed E-state index contributed by atoms with van der Waals surface area (Å²) in [4.78, 5) is 12.5. The van der Waals surface area contributed by atoms with Crippen LogP contribution in [-0.2, 0) is 12.6 Å². The third kappa shape index (κ3) is 9.35. The average Bonchev–Trinajstić information content (AvgIpc) is 3.44. The monoisotopic (exact) mass is 460 g/mol. The van der Waals surface area contributed by atoms with Gasteiger partial charge in [-0.15, -0.1) is 0 Å². The van der Waals surface area contributed by atoms with Gasteiger partial charge in [0.2, 0.25) is 0 Å². The van der Waals surface area contributed by atoms with E-state index in [0.29, 0.717) is 12.4 Å². The standard InChI is InChI=1S/C9H14O3.3C4H9.Sn/c1-2-12-9(11)8(10)6-5-7-3-4-7;3*1-3-4-2;/h6-7,10H,2-5H2,1H3;3*1,3-4H2,2H3;/q;;;;+1/p-1/b8-6-;;;;. The van der Waals surface area contributed by atoms with Crippen molar-refractivity contribution in [3.63, 3.8) is 0 Å². The molecular formula is C21H40O3Sn. The van der Waals surface area contributed by atoms with Crippen LogP contribution in [0.5, 0.6) is 0 Å². The molecule has 0 atom stereocenters. The fourth-order valence-electron chi connectivity index (χ4n) is 3.25. The molecule has 25 heavy (non-hydrogen) atoms.